The van der Waals surface area contributed by atoms with Crippen molar-refractivity contribution in [2.75, 3.05) is 13.1 Å². The Labute approximate surface area is 220 Å². The van der Waals surface area contributed by atoms with Gasteiger partial charge in [0.25, 0.3) is 0 Å². The van der Waals surface area contributed by atoms with Gasteiger partial charge in [0, 0.05) is 19.4 Å². The van der Waals surface area contributed by atoms with Crippen LogP contribution < -0.4 is 22.1 Å². The summed E-state index contributed by atoms with van der Waals surface area (Å²) in [5, 5.41) is 33.2. The maximum absolute atomic E-state index is 13.4. The fraction of sp³-hybridized carbons (Fsp3) is 0.560. The number of nitrogens with one attached hydrogen (secondary N) is 2. The lowest BCUT2D eigenvalue weighted by atomic mass is 10.0. The monoisotopic (exact) mass is 535 g/mol. The lowest BCUT2D eigenvalue weighted by molar-refractivity contribution is -0.149. The summed E-state index contributed by atoms with van der Waals surface area (Å²) in [6, 6.07) is 1.67. The van der Waals surface area contributed by atoms with Gasteiger partial charge in [0.15, 0.2) is 0 Å². The molecule has 0 aliphatic carbocycles. The largest absolute Gasteiger partial charge is 0.508 e. The third kappa shape index (κ3) is 9.30. The molecule has 1 aromatic rings. The molecule has 0 bridgehead atoms. The molecule has 0 spiro atoms. The lowest BCUT2D eigenvalue weighted by Crippen LogP contribution is -2.57. The van der Waals surface area contributed by atoms with E-state index in [9.17, 15) is 34.2 Å². The first-order chi connectivity index (χ1) is 18.0. The van der Waals surface area contributed by atoms with Crippen molar-refractivity contribution in [2.24, 2.45) is 11.5 Å². The number of aromatic hydroxyl groups is 1. The quantitative estimate of drug-likeness (QED) is 0.140. The Morgan fingerprint density at radius 3 is 2.24 bits per heavy atom. The topological polar surface area (TPSA) is 225 Å². The molecule has 38 heavy (non-hydrogen) atoms. The first-order valence-electron chi connectivity index (χ1n) is 12.6. The van der Waals surface area contributed by atoms with Gasteiger partial charge in [-0.2, -0.15) is 0 Å². The fourth-order valence-corrected chi connectivity index (χ4v) is 4.28. The van der Waals surface area contributed by atoms with Crippen molar-refractivity contribution in [1.82, 2.24) is 15.5 Å². The number of carbonyl (C=O) groups is 5. The predicted molar refractivity (Wildman–Crippen MR) is 136 cm³/mol. The van der Waals surface area contributed by atoms with E-state index >= 15 is 0 Å². The molecule has 2 rings (SSSR count). The molecule has 210 valence electrons. The van der Waals surface area contributed by atoms with E-state index in [0.717, 1.165) is 0 Å². The van der Waals surface area contributed by atoms with Crippen LogP contribution in [0.15, 0.2) is 24.3 Å². The first kappa shape index (κ1) is 30.5. The minimum Gasteiger partial charge on any atom is -0.508 e. The molecule has 13 nitrogen and oxygen atoms in total. The van der Waals surface area contributed by atoms with Gasteiger partial charge in [0.2, 0.25) is 17.7 Å². The van der Waals surface area contributed by atoms with E-state index in [0.29, 0.717) is 37.8 Å². The Bertz CT molecular complexity index is 986. The third-order valence-corrected chi connectivity index (χ3v) is 6.40. The number of benzene rings is 1. The molecule has 13 heteroatoms. The molecule has 4 atom stereocenters. The number of rotatable bonds is 15. The van der Waals surface area contributed by atoms with Crippen LogP contribution in [0.25, 0.3) is 0 Å². The van der Waals surface area contributed by atoms with Crippen LogP contribution in [0.3, 0.4) is 0 Å². The molecule has 1 saturated heterocycles. The van der Waals surface area contributed by atoms with Crippen molar-refractivity contribution >= 4 is 29.7 Å². The van der Waals surface area contributed by atoms with Gasteiger partial charge >= 0.3 is 11.9 Å². The van der Waals surface area contributed by atoms with E-state index in [-0.39, 0.29) is 38.0 Å². The number of amides is 3. The van der Waals surface area contributed by atoms with Gasteiger partial charge < -0.3 is 42.3 Å². The Kier molecular flexibility index (Phi) is 12.0. The molecule has 1 aliphatic rings. The third-order valence-electron chi connectivity index (χ3n) is 6.40. The summed E-state index contributed by atoms with van der Waals surface area (Å²) >= 11 is 0. The fourth-order valence-electron chi connectivity index (χ4n) is 4.28. The zero-order valence-corrected chi connectivity index (χ0v) is 21.2. The standard InChI is InChI=1S/C25H37N5O8/c26-12-2-1-4-18(28-22(34)17(27)10-11-21(32)33)23(35)29-19(14-15-6-8-16(31)9-7-15)24(36)30-13-3-5-20(30)25(37)38/h6-9,17-20,31H,1-5,10-14,26-27H2,(H,28,34)(H,29,35)(H,32,33)(H,37,38). The lowest BCUT2D eigenvalue weighted by Gasteiger charge is -2.29. The first-order valence-corrected chi connectivity index (χ1v) is 12.6. The van der Waals surface area contributed by atoms with Gasteiger partial charge in [-0.15, -0.1) is 0 Å². The zero-order valence-electron chi connectivity index (χ0n) is 21.2. The number of aliphatic carboxylic acids is 2. The molecular formula is C25H37N5O8. The smallest absolute Gasteiger partial charge is 0.326 e. The van der Waals surface area contributed by atoms with Gasteiger partial charge in [-0.3, -0.25) is 19.2 Å². The van der Waals surface area contributed by atoms with Crippen molar-refractivity contribution in [1.29, 1.82) is 0 Å². The Morgan fingerprint density at radius 2 is 1.63 bits per heavy atom. The molecule has 0 saturated carbocycles. The highest BCUT2D eigenvalue weighted by Gasteiger charge is 2.38. The molecule has 1 aliphatic heterocycles. The second kappa shape index (κ2) is 14.9. The second-order valence-corrected chi connectivity index (χ2v) is 9.34. The Balaban J connectivity index is 2.23. The zero-order chi connectivity index (χ0) is 28.2. The minimum atomic E-state index is -1.15. The number of hydrogen-bond acceptors (Lipinski definition) is 8. The van der Waals surface area contributed by atoms with Crippen molar-refractivity contribution in [2.45, 2.75) is 75.5 Å². The van der Waals surface area contributed by atoms with Crippen LogP contribution in [0.5, 0.6) is 5.75 Å². The number of carboxylic acids is 2. The summed E-state index contributed by atoms with van der Waals surface area (Å²) < 4.78 is 0. The number of hydrogen-bond donors (Lipinski definition) is 7. The summed E-state index contributed by atoms with van der Waals surface area (Å²) in [5.74, 6) is -4.15. The van der Waals surface area contributed by atoms with E-state index in [1.54, 1.807) is 12.1 Å². The van der Waals surface area contributed by atoms with Crippen LogP contribution in [-0.2, 0) is 30.4 Å². The average molecular weight is 536 g/mol. The van der Waals surface area contributed by atoms with Crippen LogP contribution in [0, 0.1) is 0 Å². The number of phenolic OH excluding ortho intramolecular Hbond substituents is 1. The molecule has 1 heterocycles. The van der Waals surface area contributed by atoms with Crippen molar-refractivity contribution < 1.29 is 39.3 Å². The molecule has 3 amide bonds. The van der Waals surface area contributed by atoms with E-state index < -0.39 is 53.8 Å². The average Bonchev–Trinajstić information content (AvgIpc) is 3.37. The van der Waals surface area contributed by atoms with E-state index in [1.165, 1.54) is 17.0 Å². The van der Waals surface area contributed by atoms with Crippen LogP contribution in [0.4, 0.5) is 0 Å². The van der Waals surface area contributed by atoms with Gasteiger partial charge in [0.1, 0.15) is 23.9 Å². The molecule has 4 unspecified atom stereocenters. The van der Waals surface area contributed by atoms with Crippen LogP contribution in [0.1, 0.15) is 50.5 Å². The van der Waals surface area contributed by atoms with Crippen molar-refractivity contribution in [3.63, 3.8) is 0 Å². The van der Waals surface area contributed by atoms with E-state index in [1.807, 2.05) is 0 Å². The summed E-state index contributed by atoms with van der Waals surface area (Å²) in [6.07, 6.45) is 1.66. The predicted octanol–water partition coefficient (Wildman–Crippen LogP) is -0.699. The molecule has 1 fully saturated rings. The second-order valence-electron chi connectivity index (χ2n) is 9.34. The minimum absolute atomic E-state index is 0.0214. The maximum Gasteiger partial charge on any atom is 0.326 e. The van der Waals surface area contributed by atoms with Crippen LogP contribution in [0.2, 0.25) is 0 Å². The highest BCUT2D eigenvalue weighted by atomic mass is 16.4. The summed E-state index contributed by atoms with van der Waals surface area (Å²) in [7, 11) is 0. The van der Waals surface area contributed by atoms with Crippen molar-refractivity contribution in [3.8, 4) is 5.75 Å². The normalized spacial score (nSPS) is 17.3. The number of carbonyl (C=O) groups excluding carboxylic acids is 3. The number of carboxylic acid groups (broad SMARTS) is 2. The summed E-state index contributed by atoms with van der Waals surface area (Å²) in [5.41, 5.74) is 12.0. The van der Waals surface area contributed by atoms with Gasteiger partial charge in [0.05, 0.1) is 6.04 Å². The molecule has 9 N–H and O–H groups in total. The van der Waals surface area contributed by atoms with E-state index in [4.69, 9.17) is 16.6 Å². The van der Waals surface area contributed by atoms with Gasteiger partial charge in [-0.05, 0) is 62.8 Å². The molecule has 0 aromatic heterocycles. The molecular weight excluding hydrogens is 498 g/mol. The number of nitrogens with two attached hydrogens (primary N) is 2. The highest BCUT2D eigenvalue weighted by molar-refractivity contribution is 5.94. The summed E-state index contributed by atoms with van der Waals surface area (Å²) in [6.45, 7) is 0.598. The Hall–Kier alpha value is -3.71. The number of nitrogens with zero attached hydrogens (tertiary/aromatic N) is 1. The maximum atomic E-state index is 13.4. The molecule has 1 aromatic carbocycles. The molecule has 0 radical (unpaired) electrons. The van der Waals surface area contributed by atoms with Crippen LogP contribution >= 0.6 is 0 Å². The van der Waals surface area contributed by atoms with Crippen molar-refractivity contribution in [3.05, 3.63) is 29.8 Å². The van der Waals surface area contributed by atoms with Gasteiger partial charge in [-0.1, -0.05) is 12.1 Å². The highest BCUT2D eigenvalue weighted by Crippen LogP contribution is 2.20. The number of unbranched alkanes of at least 4 members (excludes halogenated alkanes) is 1. The van der Waals surface area contributed by atoms with E-state index in [2.05, 4.69) is 10.6 Å². The number of likely N-dealkylation sites (tertiary alicyclic amines) is 1. The SMILES string of the molecule is NCCCCC(NC(=O)C(N)CCC(=O)O)C(=O)NC(Cc1ccc(O)cc1)C(=O)N1CCCC1C(=O)O. The summed E-state index contributed by atoms with van der Waals surface area (Å²) in [4.78, 5) is 63.1. The van der Waals surface area contributed by atoms with Gasteiger partial charge in [-0.25, -0.2) is 4.79 Å². The Morgan fingerprint density at radius 1 is 0.974 bits per heavy atom. The number of phenols is 1. The van der Waals surface area contributed by atoms with Crippen LogP contribution in [-0.4, -0.2) is 87.1 Å².